The Balaban J connectivity index is 2.29. The maximum Gasteiger partial charge on any atom is 0.230 e. The van der Waals surface area contributed by atoms with Crippen LogP contribution in [-0.2, 0) is 15.8 Å². The molecule has 10 heteroatoms. The van der Waals surface area contributed by atoms with Gasteiger partial charge in [-0.2, -0.15) is 5.26 Å². The Kier molecular flexibility index (Phi) is 7.62. The quantitative estimate of drug-likeness (QED) is 0.416. The smallest absolute Gasteiger partial charge is 0.230 e. The van der Waals surface area contributed by atoms with Crippen LogP contribution in [0.3, 0.4) is 0 Å². The van der Waals surface area contributed by atoms with Crippen molar-refractivity contribution < 1.29 is 13.5 Å². The highest BCUT2D eigenvalue weighted by Crippen LogP contribution is 2.25. The van der Waals surface area contributed by atoms with Crippen LogP contribution in [0.2, 0.25) is 0 Å². The number of aromatic nitrogens is 2. The van der Waals surface area contributed by atoms with Crippen LogP contribution in [0.4, 0.5) is 11.6 Å². The summed E-state index contributed by atoms with van der Waals surface area (Å²) in [6.07, 6.45) is 1.04. The van der Waals surface area contributed by atoms with Gasteiger partial charge < -0.3 is 10.4 Å². The van der Waals surface area contributed by atoms with E-state index in [-0.39, 0.29) is 24.4 Å². The SMILES string of the molecule is CC(C)[C@H](CO)Nc1cc(NS(C)(=O)=O)nc(SCc2ccccc2C#N)n1. The van der Waals surface area contributed by atoms with Crippen LogP contribution in [0, 0.1) is 17.2 Å². The molecule has 2 rings (SSSR count). The van der Waals surface area contributed by atoms with E-state index in [0.717, 1.165) is 11.8 Å². The minimum atomic E-state index is -3.51. The first-order chi connectivity index (χ1) is 13.2. The van der Waals surface area contributed by atoms with Crippen LogP contribution in [0.5, 0.6) is 0 Å². The van der Waals surface area contributed by atoms with E-state index in [0.29, 0.717) is 22.3 Å². The zero-order chi connectivity index (χ0) is 20.7. The van der Waals surface area contributed by atoms with Crippen LogP contribution in [0.1, 0.15) is 25.0 Å². The summed E-state index contributed by atoms with van der Waals surface area (Å²) in [4.78, 5) is 8.66. The van der Waals surface area contributed by atoms with Crippen LogP contribution in [-0.4, -0.2) is 42.4 Å². The molecule has 0 radical (unpaired) electrons. The van der Waals surface area contributed by atoms with Gasteiger partial charge in [0.05, 0.1) is 30.5 Å². The van der Waals surface area contributed by atoms with Crippen molar-refractivity contribution in [2.24, 2.45) is 5.92 Å². The Hall–Kier alpha value is -2.35. The molecule has 0 aliphatic carbocycles. The van der Waals surface area contributed by atoms with Gasteiger partial charge in [-0.25, -0.2) is 18.4 Å². The Bertz CT molecular complexity index is 958. The van der Waals surface area contributed by atoms with E-state index in [1.54, 1.807) is 12.1 Å². The molecule has 0 bridgehead atoms. The lowest BCUT2D eigenvalue weighted by molar-refractivity contribution is 0.249. The zero-order valence-electron chi connectivity index (χ0n) is 15.9. The number of thioether (sulfide) groups is 1. The van der Waals surface area contributed by atoms with Crippen LogP contribution >= 0.6 is 11.8 Å². The summed E-state index contributed by atoms with van der Waals surface area (Å²) < 4.78 is 25.6. The van der Waals surface area contributed by atoms with E-state index in [1.165, 1.54) is 17.8 Å². The average molecular weight is 422 g/mol. The molecular formula is C18H23N5O3S2. The van der Waals surface area contributed by atoms with Crippen molar-refractivity contribution in [1.82, 2.24) is 9.97 Å². The molecule has 0 amide bonds. The number of aliphatic hydroxyl groups excluding tert-OH is 1. The maximum atomic E-state index is 11.6. The molecule has 3 N–H and O–H groups in total. The number of benzene rings is 1. The van der Waals surface area contributed by atoms with Gasteiger partial charge in [0.2, 0.25) is 10.0 Å². The van der Waals surface area contributed by atoms with E-state index in [1.807, 2.05) is 26.0 Å². The number of sulfonamides is 1. The molecule has 0 aliphatic heterocycles. The van der Waals surface area contributed by atoms with Gasteiger partial charge in [-0.1, -0.05) is 43.8 Å². The number of aliphatic hydroxyl groups is 1. The fourth-order valence-corrected chi connectivity index (χ4v) is 3.66. The van der Waals surface area contributed by atoms with E-state index < -0.39 is 10.0 Å². The molecule has 0 saturated heterocycles. The minimum absolute atomic E-state index is 0.0888. The zero-order valence-corrected chi connectivity index (χ0v) is 17.5. The van der Waals surface area contributed by atoms with Crippen LogP contribution < -0.4 is 10.0 Å². The summed E-state index contributed by atoms with van der Waals surface area (Å²) in [5.41, 5.74) is 1.41. The first-order valence-corrected chi connectivity index (χ1v) is 11.4. The van der Waals surface area contributed by atoms with Gasteiger partial charge in [0.1, 0.15) is 11.6 Å². The fourth-order valence-electron chi connectivity index (χ4n) is 2.32. The molecule has 1 atom stereocenters. The van der Waals surface area contributed by atoms with Crippen molar-refractivity contribution in [2.45, 2.75) is 30.8 Å². The second-order valence-electron chi connectivity index (χ2n) is 6.53. The van der Waals surface area contributed by atoms with Crippen LogP contribution in [0.25, 0.3) is 0 Å². The van der Waals surface area contributed by atoms with Gasteiger partial charge in [-0.05, 0) is 17.5 Å². The largest absolute Gasteiger partial charge is 0.394 e. The lowest BCUT2D eigenvalue weighted by atomic mass is 10.1. The number of nitrogens with zero attached hydrogens (tertiary/aromatic N) is 3. The lowest BCUT2D eigenvalue weighted by Crippen LogP contribution is -2.30. The van der Waals surface area contributed by atoms with Crippen molar-refractivity contribution in [3.63, 3.8) is 0 Å². The molecular weight excluding hydrogens is 398 g/mol. The number of nitrogens with one attached hydrogen (secondary N) is 2. The lowest BCUT2D eigenvalue weighted by Gasteiger charge is -2.21. The number of nitriles is 1. The molecule has 0 spiro atoms. The van der Waals surface area contributed by atoms with Crippen molar-refractivity contribution in [3.8, 4) is 6.07 Å². The van der Waals surface area contributed by atoms with Crippen molar-refractivity contribution in [3.05, 3.63) is 41.5 Å². The third-order valence-electron chi connectivity index (χ3n) is 3.82. The van der Waals surface area contributed by atoms with Gasteiger partial charge in [0.25, 0.3) is 0 Å². The highest BCUT2D eigenvalue weighted by Gasteiger charge is 2.15. The molecule has 2 aromatic rings. The van der Waals surface area contributed by atoms with Crippen molar-refractivity contribution >= 4 is 33.4 Å². The summed E-state index contributed by atoms with van der Waals surface area (Å²) >= 11 is 1.29. The first kappa shape index (κ1) is 21.9. The number of hydrogen-bond donors (Lipinski definition) is 3. The van der Waals surface area contributed by atoms with E-state index in [2.05, 4.69) is 26.1 Å². The predicted octanol–water partition coefficient (Wildman–Crippen LogP) is 2.44. The molecule has 28 heavy (non-hydrogen) atoms. The summed E-state index contributed by atoms with van der Waals surface area (Å²) in [5.74, 6) is 1.14. The molecule has 1 aromatic heterocycles. The Morgan fingerprint density at radius 3 is 2.54 bits per heavy atom. The summed E-state index contributed by atoms with van der Waals surface area (Å²) in [6.45, 7) is 3.83. The van der Waals surface area contributed by atoms with Gasteiger partial charge in [0, 0.05) is 11.8 Å². The molecule has 0 saturated carbocycles. The highest BCUT2D eigenvalue weighted by molar-refractivity contribution is 7.98. The van der Waals surface area contributed by atoms with Gasteiger partial charge in [-0.15, -0.1) is 0 Å². The number of anilines is 2. The van der Waals surface area contributed by atoms with E-state index >= 15 is 0 Å². The molecule has 0 unspecified atom stereocenters. The third kappa shape index (κ3) is 6.67. The fraction of sp³-hybridized carbons (Fsp3) is 0.389. The molecule has 1 aromatic carbocycles. The van der Waals surface area contributed by atoms with Gasteiger partial charge in [0.15, 0.2) is 5.16 Å². The maximum absolute atomic E-state index is 11.6. The second-order valence-corrected chi connectivity index (χ2v) is 9.22. The monoisotopic (exact) mass is 421 g/mol. The third-order valence-corrected chi connectivity index (χ3v) is 5.30. The van der Waals surface area contributed by atoms with Gasteiger partial charge in [-0.3, -0.25) is 4.72 Å². The number of rotatable bonds is 9. The predicted molar refractivity (Wildman–Crippen MR) is 111 cm³/mol. The standard InChI is InChI=1S/C18H23N5O3S2/c1-12(2)15(10-24)20-16-8-17(23-28(3,25)26)22-18(21-16)27-11-14-7-5-4-6-13(14)9-19/h4-8,12,15,24H,10-11H2,1-3H3,(H2,20,21,22,23)/t15-/m0/s1. The van der Waals surface area contributed by atoms with E-state index in [9.17, 15) is 18.8 Å². The molecule has 0 fully saturated rings. The number of hydrogen-bond acceptors (Lipinski definition) is 8. The van der Waals surface area contributed by atoms with E-state index in [4.69, 9.17) is 0 Å². The molecule has 8 nitrogen and oxygen atoms in total. The average Bonchev–Trinajstić information content (AvgIpc) is 2.62. The van der Waals surface area contributed by atoms with Crippen molar-refractivity contribution in [2.75, 3.05) is 22.9 Å². The first-order valence-electron chi connectivity index (χ1n) is 8.57. The second kappa shape index (κ2) is 9.73. The van der Waals surface area contributed by atoms with Crippen LogP contribution in [0.15, 0.2) is 35.5 Å². The molecule has 1 heterocycles. The van der Waals surface area contributed by atoms with Gasteiger partial charge >= 0.3 is 0 Å². The Labute approximate surface area is 169 Å². The molecule has 150 valence electrons. The van der Waals surface area contributed by atoms with Crippen molar-refractivity contribution in [1.29, 1.82) is 5.26 Å². The summed E-state index contributed by atoms with van der Waals surface area (Å²) in [5, 5.41) is 22.2. The summed E-state index contributed by atoms with van der Waals surface area (Å²) in [7, 11) is -3.51. The highest BCUT2D eigenvalue weighted by atomic mass is 32.2. The Morgan fingerprint density at radius 1 is 1.25 bits per heavy atom. The Morgan fingerprint density at radius 2 is 1.93 bits per heavy atom. The normalized spacial score (nSPS) is 12.4. The minimum Gasteiger partial charge on any atom is -0.394 e. The topological polar surface area (TPSA) is 128 Å². The molecule has 0 aliphatic rings. The summed E-state index contributed by atoms with van der Waals surface area (Å²) in [6, 6.07) is 10.6.